The average Bonchev–Trinajstić information content (AvgIpc) is 2.51. The van der Waals surface area contributed by atoms with Crippen molar-refractivity contribution in [1.29, 1.82) is 0 Å². The summed E-state index contributed by atoms with van der Waals surface area (Å²) in [7, 11) is 0. The van der Waals surface area contributed by atoms with Gasteiger partial charge in [-0.2, -0.15) is 0 Å². The van der Waals surface area contributed by atoms with Crippen molar-refractivity contribution in [3.8, 4) is 5.75 Å². The zero-order valence-corrected chi connectivity index (χ0v) is 13.2. The zero-order chi connectivity index (χ0) is 15.9. The zero-order valence-electron chi connectivity index (χ0n) is 11.7. The largest absolute Gasteiger partial charge is 0.491 e. The van der Waals surface area contributed by atoms with Crippen LogP contribution >= 0.6 is 23.2 Å². The maximum absolute atomic E-state index is 11.8. The van der Waals surface area contributed by atoms with Gasteiger partial charge in [-0.25, -0.2) is 0 Å². The summed E-state index contributed by atoms with van der Waals surface area (Å²) in [5, 5.41) is 12.5. The number of hydrogen-bond donors (Lipinski definition) is 2. The van der Waals surface area contributed by atoms with E-state index in [1.807, 2.05) is 0 Å². The van der Waals surface area contributed by atoms with E-state index in [1.54, 1.807) is 42.5 Å². The minimum atomic E-state index is -0.187. The van der Waals surface area contributed by atoms with E-state index >= 15 is 0 Å². The van der Waals surface area contributed by atoms with E-state index < -0.39 is 0 Å². The fourth-order valence-corrected chi connectivity index (χ4v) is 2.17. The Hall–Kier alpha value is -1.75. The summed E-state index contributed by atoms with van der Waals surface area (Å²) in [6.07, 6.45) is 0.173. The second-order valence-corrected chi connectivity index (χ2v) is 5.34. The molecule has 2 N–H and O–H groups in total. The molecule has 2 aromatic carbocycles. The molecule has 0 saturated heterocycles. The first-order valence-corrected chi connectivity index (χ1v) is 7.42. The molecule has 0 aliphatic rings. The van der Waals surface area contributed by atoms with Crippen LogP contribution in [-0.4, -0.2) is 17.6 Å². The third kappa shape index (κ3) is 4.63. The predicted octanol–water partition coefficient (Wildman–Crippen LogP) is 3.89. The lowest BCUT2D eigenvalue weighted by Gasteiger charge is -2.09. The van der Waals surface area contributed by atoms with Crippen LogP contribution in [-0.2, 0) is 11.4 Å². The number of halogens is 2. The monoisotopic (exact) mass is 339 g/mol. The van der Waals surface area contributed by atoms with Crippen LogP contribution in [0.15, 0.2) is 42.5 Å². The molecule has 116 valence electrons. The number of amides is 1. The van der Waals surface area contributed by atoms with E-state index in [0.29, 0.717) is 21.5 Å². The quantitative estimate of drug-likeness (QED) is 0.839. The molecule has 6 heteroatoms. The van der Waals surface area contributed by atoms with Gasteiger partial charge in [0.05, 0.1) is 24.7 Å². The third-order valence-electron chi connectivity index (χ3n) is 2.90. The molecule has 2 rings (SSSR count). The fraction of sp³-hybridized carbons (Fsp3) is 0.188. The molecule has 0 saturated carbocycles. The molecule has 2 aromatic rings. The first-order chi connectivity index (χ1) is 10.6. The topological polar surface area (TPSA) is 58.6 Å². The van der Waals surface area contributed by atoms with Crippen LogP contribution in [0.2, 0.25) is 10.0 Å². The van der Waals surface area contributed by atoms with Gasteiger partial charge in [0.1, 0.15) is 10.8 Å². The lowest BCUT2D eigenvalue weighted by atomic mass is 10.2. The molecule has 1 amide bonds. The number of aliphatic hydroxyl groups is 1. The van der Waals surface area contributed by atoms with E-state index in [9.17, 15) is 4.79 Å². The first-order valence-electron chi connectivity index (χ1n) is 6.66. The number of carbonyl (C=O) groups excluding carboxylic acids is 1. The lowest BCUT2D eigenvalue weighted by Crippen LogP contribution is -2.15. The van der Waals surface area contributed by atoms with Gasteiger partial charge in [-0.1, -0.05) is 41.4 Å². The van der Waals surface area contributed by atoms with Gasteiger partial charge < -0.3 is 15.2 Å². The summed E-state index contributed by atoms with van der Waals surface area (Å²) < 4.78 is 5.45. The first kappa shape index (κ1) is 16.6. The molecular formula is C16H15Cl2NO3. The summed E-state index contributed by atoms with van der Waals surface area (Å²) in [5.74, 6) is 0.262. The van der Waals surface area contributed by atoms with Gasteiger partial charge in [-0.15, -0.1) is 0 Å². The van der Waals surface area contributed by atoms with Crippen molar-refractivity contribution in [1.82, 2.24) is 0 Å². The Morgan fingerprint density at radius 2 is 1.95 bits per heavy atom. The smallest absolute Gasteiger partial charge is 0.227 e. The van der Waals surface area contributed by atoms with Crippen molar-refractivity contribution in [2.75, 3.05) is 11.9 Å². The number of benzene rings is 2. The minimum Gasteiger partial charge on any atom is -0.491 e. The van der Waals surface area contributed by atoms with Crippen molar-refractivity contribution in [3.05, 3.63) is 58.1 Å². The maximum Gasteiger partial charge on any atom is 0.227 e. The Labute approximate surface area is 138 Å². The summed E-state index contributed by atoms with van der Waals surface area (Å²) in [6, 6.07) is 12.1. The molecule has 0 bridgehead atoms. The van der Waals surface area contributed by atoms with Gasteiger partial charge in [0.2, 0.25) is 5.91 Å². The Bertz CT molecular complexity index is 662. The van der Waals surface area contributed by atoms with Gasteiger partial charge in [0.25, 0.3) is 0 Å². The third-order valence-corrected chi connectivity index (χ3v) is 3.70. The highest BCUT2D eigenvalue weighted by Gasteiger charge is 2.07. The molecule has 0 radical (unpaired) electrons. The van der Waals surface area contributed by atoms with Crippen LogP contribution in [0.5, 0.6) is 5.75 Å². The normalized spacial score (nSPS) is 10.3. The molecule has 0 aliphatic heterocycles. The van der Waals surface area contributed by atoms with Crippen LogP contribution in [0.1, 0.15) is 12.0 Å². The lowest BCUT2D eigenvalue weighted by molar-refractivity contribution is -0.116. The number of carbonyl (C=O) groups is 1. The van der Waals surface area contributed by atoms with Crippen molar-refractivity contribution in [2.24, 2.45) is 0 Å². The molecule has 0 atom stereocenters. The Morgan fingerprint density at radius 3 is 2.73 bits per heavy atom. The standard InChI is InChI=1S/C16H15Cl2NO3/c17-13-5-2-6-14(16(13)18)22-8-7-15(21)19-12-4-1-3-11(9-12)10-20/h1-6,9,20H,7-8,10H2,(H,19,21). The number of nitrogens with one attached hydrogen (secondary N) is 1. The number of aliphatic hydroxyl groups excluding tert-OH is 1. The molecule has 0 aliphatic carbocycles. The highest BCUT2D eigenvalue weighted by Crippen LogP contribution is 2.31. The molecular weight excluding hydrogens is 325 g/mol. The molecule has 0 aromatic heterocycles. The van der Waals surface area contributed by atoms with Crippen molar-refractivity contribution < 1.29 is 14.6 Å². The molecule has 0 unspecified atom stereocenters. The van der Waals surface area contributed by atoms with Gasteiger partial charge >= 0.3 is 0 Å². The van der Waals surface area contributed by atoms with Gasteiger partial charge in [0, 0.05) is 5.69 Å². The fourth-order valence-electron chi connectivity index (χ4n) is 1.82. The predicted molar refractivity (Wildman–Crippen MR) is 87.6 cm³/mol. The Balaban J connectivity index is 1.84. The Morgan fingerprint density at radius 1 is 1.18 bits per heavy atom. The number of anilines is 1. The summed E-state index contributed by atoms with van der Waals surface area (Å²) in [4.78, 5) is 11.8. The van der Waals surface area contributed by atoms with E-state index in [0.717, 1.165) is 5.56 Å². The van der Waals surface area contributed by atoms with E-state index in [-0.39, 0.29) is 25.5 Å². The molecule has 4 nitrogen and oxygen atoms in total. The van der Waals surface area contributed by atoms with Crippen LogP contribution in [0.4, 0.5) is 5.69 Å². The van der Waals surface area contributed by atoms with Crippen LogP contribution in [0.25, 0.3) is 0 Å². The second kappa shape index (κ2) is 8.03. The minimum absolute atomic E-state index is 0.0694. The second-order valence-electron chi connectivity index (χ2n) is 4.56. The van der Waals surface area contributed by atoms with Crippen LogP contribution in [0.3, 0.4) is 0 Å². The summed E-state index contributed by atoms with van der Waals surface area (Å²) in [5.41, 5.74) is 1.37. The van der Waals surface area contributed by atoms with Gasteiger partial charge in [-0.3, -0.25) is 4.79 Å². The molecule has 22 heavy (non-hydrogen) atoms. The molecule has 0 heterocycles. The van der Waals surface area contributed by atoms with Crippen LogP contribution < -0.4 is 10.1 Å². The SMILES string of the molecule is O=C(CCOc1cccc(Cl)c1Cl)Nc1cccc(CO)c1. The Kier molecular flexibility index (Phi) is 6.07. The highest BCUT2D eigenvalue weighted by atomic mass is 35.5. The molecule has 0 spiro atoms. The van der Waals surface area contributed by atoms with Crippen molar-refractivity contribution >= 4 is 34.8 Å². The van der Waals surface area contributed by atoms with Gasteiger partial charge in [-0.05, 0) is 29.8 Å². The van der Waals surface area contributed by atoms with Crippen molar-refractivity contribution in [3.63, 3.8) is 0 Å². The van der Waals surface area contributed by atoms with Crippen molar-refractivity contribution in [2.45, 2.75) is 13.0 Å². The molecule has 0 fully saturated rings. The highest BCUT2D eigenvalue weighted by molar-refractivity contribution is 6.42. The van der Waals surface area contributed by atoms with E-state index in [4.69, 9.17) is 33.0 Å². The number of ether oxygens (including phenoxy) is 1. The number of hydrogen-bond acceptors (Lipinski definition) is 3. The van der Waals surface area contributed by atoms with E-state index in [1.165, 1.54) is 0 Å². The van der Waals surface area contributed by atoms with E-state index in [2.05, 4.69) is 5.32 Å². The summed E-state index contributed by atoms with van der Waals surface area (Å²) in [6.45, 7) is 0.117. The average molecular weight is 340 g/mol. The maximum atomic E-state index is 11.8. The number of rotatable bonds is 6. The van der Waals surface area contributed by atoms with Gasteiger partial charge in [0.15, 0.2) is 0 Å². The van der Waals surface area contributed by atoms with Crippen LogP contribution in [0, 0.1) is 0 Å². The summed E-state index contributed by atoms with van der Waals surface area (Å²) >= 11 is 11.9.